The number of rotatable bonds is 5. The molecule has 0 spiro atoms. The van der Waals surface area contributed by atoms with Crippen LogP contribution in [0.5, 0.6) is 11.5 Å². The lowest BCUT2D eigenvalue weighted by molar-refractivity contribution is 0.0965. The Labute approximate surface area is 207 Å². The van der Waals surface area contributed by atoms with Gasteiger partial charge >= 0.3 is 6.03 Å². The number of carbonyl (C=O) groups is 2. The van der Waals surface area contributed by atoms with Gasteiger partial charge in [-0.2, -0.15) is 0 Å². The van der Waals surface area contributed by atoms with Crippen LogP contribution in [0.4, 0.5) is 10.5 Å². The van der Waals surface area contributed by atoms with Crippen molar-refractivity contribution in [1.82, 2.24) is 15.3 Å². The number of amides is 3. The number of ether oxygens (including phenoxy) is 1. The Balaban J connectivity index is 1.47. The van der Waals surface area contributed by atoms with E-state index in [0.29, 0.717) is 21.7 Å². The highest BCUT2D eigenvalue weighted by molar-refractivity contribution is 9.10. The monoisotopic (exact) mass is 552 g/mol. The highest BCUT2D eigenvalue weighted by Crippen LogP contribution is 2.41. The molecule has 3 aromatic rings. The predicted octanol–water partition coefficient (Wildman–Crippen LogP) is 6.42. The summed E-state index contributed by atoms with van der Waals surface area (Å²) < 4.78 is 7.21. The van der Waals surface area contributed by atoms with Gasteiger partial charge in [0.15, 0.2) is 11.5 Å². The minimum Gasteiger partial charge on any atom is -0.451 e. The second-order valence-corrected chi connectivity index (χ2v) is 9.01. The number of carbonyl (C=O) groups excluding carboxylic acids is 2. The van der Waals surface area contributed by atoms with E-state index < -0.39 is 11.9 Å². The van der Waals surface area contributed by atoms with E-state index in [-0.39, 0.29) is 21.5 Å². The summed E-state index contributed by atoms with van der Waals surface area (Å²) in [4.78, 5) is 33.4. The molecule has 0 bridgehead atoms. The van der Waals surface area contributed by atoms with E-state index in [1.807, 2.05) is 0 Å². The van der Waals surface area contributed by atoms with Crippen LogP contribution in [0, 0.1) is 0 Å². The maximum Gasteiger partial charge on any atom is 0.338 e. The van der Waals surface area contributed by atoms with Gasteiger partial charge in [-0.3, -0.25) is 10.1 Å². The van der Waals surface area contributed by atoms with Gasteiger partial charge in [0.05, 0.1) is 33.7 Å². The Hall–Kier alpha value is -2.33. The molecule has 11 heteroatoms. The Morgan fingerprint density at radius 1 is 1.12 bits per heavy atom. The second kappa shape index (κ2) is 9.66. The van der Waals surface area contributed by atoms with Crippen molar-refractivity contribution in [2.24, 2.45) is 0 Å². The number of thiol groups is 1. The zero-order chi connectivity index (χ0) is 22.8. The van der Waals surface area contributed by atoms with Crippen LogP contribution in [0.2, 0.25) is 10.0 Å². The molecule has 0 atom stereocenters. The number of anilines is 1. The summed E-state index contributed by atoms with van der Waals surface area (Å²) in [5, 5.41) is 2.54. The van der Waals surface area contributed by atoms with Gasteiger partial charge in [0.1, 0.15) is 5.82 Å². The van der Waals surface area contributed by atoms with Gasteiger partial charge in [0, 0.05) is 10.4 Å². The molecule has 1 N–H and O–H groups in total. The van der Waals surface area contributed by atoms with Crippen LogP contribution in [0.3, 0.4) is 0 Å². The first-order valence-electron chi connectivity index (χ1n) is 9.41. The first kappa shape index (κ1) is 22.8. The molecule has 1 heterocycles. The first-order chi connectivity index (χ1) is 15.3. The SMILES string of the molecule is O=C(NC(=O)N(S)c1cc(Cl)c(Oc2cnc(C3CC3)nc2)c(Cl)c1)c1ccccc1Br. The fraction of sp³-hybridized carbons (Fsp3) is 0.143. The molecular weight excluding hydrogens is 539 g/mol. The number of nitrogens with one attached hydrogen (secondary N) is 1. The highest BCUT2D eigenvalue weighted by atomic mass is 79.9. The molecule has 3 amide bonds. The van der Waals surface area contributed by atoms with Crippen molar-refractivity contribution in [1.29, 1.82) is 0 Å². The molecule has 0 unspecified atom stereocenters. The summed E-state index contributed by atoms with van der Waals surface area (Å²) in [5.41, 5.74) is 0.547. The van der Waals surface area contributed by atoms with Crippen LogP contribution in [0.1, 0.15) is 34.9 Å². The lowest BCUT2D eigenvalue weighted by atomic mass is 10.2. The van der Waals surface area contributed by atoms with E-state index in [1.54, 1.807) is 36.7 Å². The number of imide groups is 1. The Morgan fingerprint density at radius 3 is 2.34 bits per heavy atom. The van der Waals surface area contributed by atoms with Gasteiger partial charge in [0.2, 0.25) is 0 Å². The van der Waals surface area contributed by atoms with Crippen LogP contribution >= 0.6 is 51.9 Å². The van der Waals surface area contributed by atoms with Crippen LogP contribution in [-0.2, 0) is 0 Å². The van der Waals surface area contributed by atoms with Crippen molar-refractivity contribution in [2.45, 2.75) is 18.8 Å². The highest BCUT2D eigenvalue weighted by Gasteiger charge is 2.26. The zero-order valence-electron chi connectivity index (χ0n) is 16.3. The number of urea groups is 1. The summed E-state index contributed by atoms with van der Waals surface area (Å²) in [6.07, 6.45) is 5.32. The summed E-state index contributed by atoms with van der Waals surface area (Å²) >= 11 is 20.1. The summed E-state index contributed by atoms with van der Waals surface area (Å²) in [7, 11) is 0. The number of nitrogens with zero attached hydrogens (tertiary/aromatic N) is 3. The number of benzene rings is 2. The van der Waals surface area contributed by atoms with Crippen LogP contribution in [0.15, 0.2) is 53.3 Å². The van der Waals surface area contributed by atoms with Gasteiger partial charge < -0.3 is 4.74 Å². The van der Waals surface area contributed by atoms with E-state index in [0.717, 1.165) is 23.0 Å². The van der Waals surface area contributed by atoms with E-state index in [9.17, 15) is 9.59 Å². The molecule has 1 saturated carbocycles. The fourth-order valence-corrected chi connectivity index (χ4v) is 3.98. The zero-order valence-corrected chi connectivity index (χ0v) is 20.3. The van der Waals surface area contributed by atoms with Crippen molar-refractivity contribution in [3.8, 4) is 11.5 Å². The molecule has 7 nitrogen and oxygen atoms in total. The van der Waals surface area contributed by atoms with Crippen molar-refractivity contribution in [3.63, 3.8) is 0 Å². The number of hydrogen-bond donors (Lipinski definition) is 2. The van der Waals surface area contributed by atoms with Crippen LogP contribution in [-0.4, -0.2) is 21.9 Å². The second-order valence-electron chi connectivity index (χ2n) is 6.94. The lowest BCUT2D eigenvalue weighted by Crippen LogP contribution is -2.38. The molecular formula is C21H15BrCl2N4O3S. The normalized spacial score (nSPS) is 12.9. The van der Waals surface area contributed by atoms with E-state index in [4.69, 9.17) is 27.9 Å². The number of hydrogen-bond acceptors (Lipinski definition) is 6. The van der Waals surface area contributed by atoms with Crippen molar-refractivity contribution >= 4 is 69.6 Å². The fourth-order valence-electron chi connectivity index (χ4n) is 2.80. The third kappa shape index (κ3) is 5.17. The molecule has 0 aliphatic heterocycles. The molecule has 1 aliphatic carbocycles. The van der Waals surface area contributed by atoms with Gasteiger partial charge in [-0.25, -0.2) is 19.1 Å². The Bertz CT molecular complexity index is 1170. The third-order valence-corrected chi connectivity index (χ3v) is 6.24. The van der Waals surface area contributed by atoms with Crippen LogP contribution in [0.25, 0.3) is 0 Å². The minimum atomic E-state index is -0.779. The first-order valence-corrected chi connectivity index (χ1v) is 11.4. The van der Waals surface area contributed by atoms with Crippen molar-refractivity contribution < 1.29 is 14.3 Å². The van der Waals surface area contributed by atoms with Gasteiger partial charge in [-0.1, -0.05) is 48.1 Å². The number of halogens is 3. The maximum atomic E-state index is 12.5. The van der Waals surface area contributed by atoms with Crippen molar-refractivity contribution in [2.75, 3.05) is 4.31 Å². The van der Waals surface area contributed by atoms with Crippen LogP contribution < -0.4 is 14.4 Å². The molecule has 1 aliphatic rings. The quantitative estimate of drug-likeness (QED) is 0.356. The Kier molecular flexibility index (Phi) is 6.90. The Morgan fingerprint density at radius 2 is 1.75 bits per heavy atom. The summed E-state index contributed by atoms with van der Waals surface area (Å²) in [6, 6.07) is 8.82. The molecule has 0 saturated heterocycles. The summed E-state index contributed by atoms with van der Waals surface area (Å²) in [5.74, 6) is 1.20. The molecule has 1 fully saturated rings. The van der Waals surface area contributed by atoms with Gasteiger partial charge in [0.25, 0.3) is 5.91 Å². The smallest absolute Gasteiger partial charge is 0.338 e. The van der Waals surface area contributed by atoms with E-state index in [2.05, 4.69) is 44.0 Å². The van der Waals surface area contributed by atoms with E-state index >= 15 is 0 Å². The molecule has 0 radical (unpaired) electrons. The van der Waals surface area contributed by atoms with E-state index in [1.165, 1.54) is 12.1 Å². The molecule has 2 aromatic carbocycles. The standard InChI is InChI=1S/C21H15BrCl2N4O3S/c22-15-4-2-1-3-14(15)20(29)27-21(30)28(32)12-7-16(23)18(17(24)8-12)31-13-9-25-19(26-10-13)11-5-6-11/h1-4,7-11,32H,5-6H2,(H,27,29,30). The maximum absolute atomic E-state index is 12.5. The average molecular weight is 554 g/mol. The molecule has 1 aromatic heterocycles. The largest absolute Gasteiger partial charge is 0.451 e. The lowest BCUT2D eigenvalue weighted by Gasteiger charge is -2.18. The third-order valence-electron chi connectivity index (χ3n) is 4.57. The molecule has 164 valence electrons. The van der Waals surface area contributed by atoms with Gasteiger partial charge in [-0.05, 0) is 53.0 Å². The molecule has 4 rings (SSSR count). The molecule has 32 heavy (non-hydrogen) atoms. The topological polar surface area (TPSA) is 84.4 Å². The summed E-state index contributed by atoms with van der Waals surface area (Å²) in [6.45, 7) is 0. The minimum absolute atomic E-state index is 0.141. The van der Waals surface area contributed by atoms with Crippen molar-refractivity contribution in [3.05, 3.63) is 74.7 Å². The predicted molar refractivity (Wildman–Crippen MR) is 129 cm³/mol. The average Bonchev–Trinajstić information content (AvgIpc) is 3.61. The van der Waals surface area contributed by atoms with Gasteiger partial charge in [-0.15, -0.1) is 0 Å². The number of aromatic nitrogens is 2.